The van der Waals surface area contributed by atoms with Crippen molar-refractivity contribution < 1.29 is 9.15 Å². The Balaban J connectivity index is 1.63. The van der Waals surface area contributed by atoms with Crippen LogP contribution < -0.4 is 4.74 Å². The fourth-order valence-electron chi connectivity index (χ4n) is 3.34. The van der Waals surface area contributed by atoms with Gasteiger partial charge in [0.1, 0.15) is 17.5 Å². The van der Waals surface area contributed by atoms with E-state index in [1.165, 1.54) is 6.26 Å². The Kier molecular flexibility index (Phi) is 4.47. The molecule has 0 saturated heterocycles. The number of hydrogen-bond acceptors (Lipinski definition) is 5. The number of benzene rings is 3. The van der Waals surface area contributed by atoms with Gasteiger partial charge >= 0.3 is 0 Å². The molecule has 2 aromatic heterocycles. The first-order valence-electron chi connectivity index (χ1n) is 9.43. The zero-order valence-corrected chi connectivity index (χ0v) is 15.9. The van der Waals surface area contributed by atoms with Gasteiger partial charge in [-0.15, -0.1) is 0 Å². The van der Waals surface area contributed by atoms with Crippen molar-refractivity contribution in [3.8, 4) is 29.3 Å². The third-order valence-corrected chi connectivity index (χ3v) is 4.76. The Labute approximate surface area is 172 Å². The van der Waals surface area contributed by atoms with Gasteiger partial charge in [0.2, 0.25) is 0 Å². The number of rotatable bonds is 5. The van der Waals surface area contributed by atoms with Gasteiger partial charge in [-0.3, -0.25) is 0 Å². The number of para-hydroxylation sites is 2. The summed E-state index contributed by atoms with van der Waals surface area (Å²) in [7, 11) is 0. The van der Waals surface area contributed by atoms with Gasteiger partial charge in [-0.1, -0.05) is 36.4 Å². The minimum absolute atomic E-state index is 0.436. The van der Waals surface area contributed by atoms with E-state index in [4.69, 9.17) is 19.4 Å². The van der Waals surface area contributed by atoms with Crippen LogP contribution in [0.25, 0.3) is 22.7 Å². The van der Waals surface area contributed by atoms with E-state index in [1.54, 1.807) is 6.20 Å². The number of nitriles is 1. The zero-order valence-electron chi connectivity index (χ0n) is 15.9. The SMILES string of the molecule is N#Cc1ccc(Cn2c(-c3ncco3)nc3c(Oc4ccccc4)cccc32)cc1. The van der Waals surface area contributed by atoms with Crippen molar-refractivity contribution in [1.82, 2.24) is 14.5 Å². The number of imidazole rings is 1. The lowest BCUT2D eigenvalue weighted by atomic mass is 10.1. The average Bonchev–Trinajstić information content (AvgIpc) is 3.44. The van der Waals surface area contributed by atoms with Crippen LogP contribution in [0.2, 0.25) is 0 Å². The molecular formula is C24H16N4O2. The largest absolute Gasteiger partial charge is 0.455 e. The Morgan fingerprint density at radius 2 is 1.80 bits per heavy atom. The number of oxazole rings is 1. The normalized spacial score (nSPS) is 10.8. The van der Waals surface area contributed by atoms with Crippen LogP contribution in [0.15, 0.2) is 89.7 Å². The smallest absolute Gasteiger partial charge is 0.263 e. The van der Waals surface area contributed by atoms with E-state index in [9.17, 15) is 0 Å². The summed E-state index contributed by atoms with van der Waals surface area (Å²) < 4.78 is 13.7. The minimum Gasteiger partial charge on any atom is -0.455 e. The average molecular weight is 392 g/mol. The molecule has 30 heavy (non-hydrogen) atoms. The van der Waals surface area contributed by atoms with Crippen molar-refractivity contribution >= 4 is 11.0 Å². The summed E-state index contributed by atoms with van der Waals surface area (Å²) in [6.07, 6.45) is 3.13. The first kappa shape index (κ1) is 17.7. The van der Waals surface area contributed by atoms with Gasteiger partial charge in [0.25, 0.3) is 5.89 Å². The van der Waals surface area contributed by atoms with E-state index in [-0.39, 0.29) is 0 Å². The molecule has 0 aliphatic heterocycles. The first-order chi connectivity index (χ1) is 14.8. The zero-order chi connectivity index (χ0) is 20.3. The standard InChI is InChI=1S/C24H16N4O2/c25-15-17-9-11-18(12-10-17)16-28-20-7-4-8-21(30-19-5-2-1-3-6-19)22(20)27-23(28)24-26-13-14-29-24/h1-14H,16H2. The van der Waals surface area contributed by atoms with Gasteiger partial charge in [0.15, 0.2) is 11.6 Å². The van der Waals surface area contributed by atoms with Crippen LogP contribution in [0.4, 0.5) is 0 Å². The fraction of sp³-hybridized carbons (Fsp3) is 0.0417. The van der Waals surface area contributed by atoms with Crippen molar-refractivity contribution in [3.63, 3.8) is 0 Å². The molecular weight excluding hydrogens is 376 g/mol. The molecule has 0 amide bonds. The molecule has 0 N–H and O–H groups in total. The Morgan fingerprint density at radius 3 is 2.53 bits per heavy atom. The quantitative estimate of drug-likeness (QED) is 0.400. The molecule has 0 spiro atoms. The second-order valence-corrected chi connectivity index (χ2v) is 6.71. The second kappa shape index (κ2) is 7.57. The van der Waals surface area contributed by atoms with Crippen LogP contribution in [-0.2, 0) is 6.54 Å². The van der Waals surface area contributed by atoms with E-state index in [0.717, 1.165) is 22.3 Å². The van der Waals surface area contributed by atoms with Gasteiger partial charge in [0, 0.05) is 6.54 Å². The van der Waals surface area contributed by atoms with E-state index >= 15 is 0 Å². The number of fused-ring (bicyclic) bond motifs is 1. The lowest BCUT2D eigenvalue weighted by Crippen LogP contribution is -2.02. The summed E-state index contributed by atoms with van der Waals surface area (Å²) in [4.78, 5) is 9.10. The molecule has 6 nitrogen and oxygen atoms in total. The molecule has 0 atom stereocenters. The van der Waals surface area contributed by atoms with Gasteiger partial charge in [-0.05, 0) is 42.0 Å². The van der Waals surface area contributed by atoms with Crippen molar-refractivity contribution in [2.75, 3.05) is 0 Å². The molecule has 0 saturated carbocycles. The van der Waals surface area contributed by atoms with Crippen molar-refractivity contribution in [3.05, 3.63) is 96.4 Å². The maximum Gasteiger partial charge on any atom is 0.263 e. The number of nitrogens with zero attached hydrogens (tertiary/aromatic N) is 4. The van der Waals surface area contributed by atoms with Crippen molar-refractivity contribution in [2.24, 2.45) is 0 Å². The maximum absolute atomic E-state index is 9.05. The maximum atomic E-state index is 9.05. The van der Waals surface area contributed by atoms with Crippen LogP contribution in [-0.4, -0.2) is 14.5 Å². The topological polar surface area (TPSA) is 76.9 Å². The number of ether oxygens (including phenoxy) is 1. The Hall–Kier alpha value is -4.37. The molecule has 0 unspecified atom stereocenters. The van der Waals surface area contributed by atoms with Gasteiger partial charge in [0.05, 0.1) is 23.3 Å². The highest BCUT2D eigenvalue weighted by molar-refractivity contribution is 5.85. The van der Waals surface area contributed by atoms with Crippen LogP contribution >= 0.6 is 0 Å². The second-order valence-electron chi connectivity index (χ2n) is 6.71. The van der Waals surface area contributed by atoms with E-state index < -0.39 is 0 Å². The van der Waals surface area contributed by atoms with E-state index in [1.807, 2.05) is 77.4 Å². The molecule has 0 bridgehead atoms. The van der Waals surface area contributed by atoms with Crippen molar-refractivity contribution in [1.29, 1.82) is 5.26 Å². The fourth-order valence-corrected chi connectivity index (χ4v) is 3.34. The lowest BCUT2D eigenvalue weighted by Gasteiger charge is -2.09. The number of aromatic nitrogens is 3. The summed E-state index contributed by atoms with van der Waals surface area (Å²) in [6.45, 7) is 0.550. The monoisotopic (exact) mass is 392 g/mol. The van der Waals surface area contributed by atoms with Crippen LogP contribution in [0.1, 0.15) is 11.1 Å². The molecule has 2 heterocycles. The lowest BCUT2D eigenvalue weighted by molar-refractivity contribution is 0.487. The summed E-state index contributed by atoms with van der Waals surface area (Å²) in [5.74, 6) is 2.45. The van der Waals surface area contributed by atoms with E-state index in [0.29, 0.717) is 29.6 Å². The van der Waals surface area contributed by atoms with Crippen molar-refractivity contribution in [2.45, 2.75) is 6.54 Å². The molecule has 6 heteroatoms. The van der Waals surface area contributed by atoms with Crippen LogP contribution in [0.3, 0.4) is 0 Å². The first-order valence-corrected chi connectivity index (χ1v) is 9.43. The molecule has 0 aliphatic carbocycles. The highest BCUT2D eigenvalue weighted by atomic mass is 16.5. The molecule has 0 aliphatic rings. The molecule has 5 rings (SSSR count). The molecule has 0 radical (unpaired) electrons. The summed E-state index contributed by atoms with van der Waals surface area (Å²) in [5.41, 5.74) is 3.29. The molecule has 3 aromatic carbocycles. The Morgan fingerprint density at radius 1 is 0.967 bits per heavy atom. The highest BCUT2D eigenvalue weighted by Gasteiger charge is 2.19. The predicted molar refractivity (Wildman–Crippen MR) is 112 cm³/mol. The molecule has 0 fully saturated rings. The van der Waals surface area contributed by atoms with E-state index in [2.05, 4.69) is 11.1 Å². The van der Waals surface area contributed by atoms with Gasteiger partial charge in [-0.25, -0.2) is 9.97 Å². The summed E-state index contributed by atoms with van der Waals surface area (Å²) in [5, 5.41) is 9.05. The van der Waals surface area contributed by atoms with Gasteiger partial charge < -0.3 is 13.7 Å². The summed E-state index contributed by atoms with van der Waals surface area (Å²) >= 11 is 0. The molecule has 5 aromatic rings. The van der Waals surface area contributed by atoms with Crippen LogP contribution in [0.5, 0.6) is 11.5 Å². The third kappa shape index (κ3) is 3.29. The Bertz CT molecular complexity index is 1330. The third-order valence-electron chi connectivity index (χ3n) is 4.76. The van der Waals surface area contributed by atoms with Crippen LogP contribution in [0, 0.1) is 11.3 Å². The predicted octanol–water partition coefficient (Wildman–Crippen LogP) is 5.40. The van der Waals surface area contributed by atoms with Gasteiger partial charge in [-0.2, -0.15) is 5.26 Å². The minimum atomic E-state index is 0.436. The summed E-state index contributed by atoms with van der Waals surface area (Å²) in [6, 6.07) is 25.1. The molecule has 144 valence electrons. The highest BCUT2D eigenvalue weighted by Crippen LogP contribution is 2.33. The number of hydrogen-bond donors (Lipinski definition) is 0.